The Morgan fingerprint density at radius 1 is 0.731 bits per heavy atom. The Kier molecular flexibility index (Phi) is 6.96. The van der Waals surface area contributed by atoms with Crippen molar-refractivity contribution in [1.82, 2.24) is 10.6 Å². The van der Waals surface area contributed by atoms with E-state index >= 15 is 0 Å². The number of nitrogens with one attached hydrogen (secondary N) is 2. The second-order valence-corrected chi connectivity index (χ2v) is 6.59. The van der Waals surface area contributed by atoms with Crippen LogP contribution in [0.4, 0.5) is 0 Å². The Balaban J connectivity index is 1.87. The molecule has 2 aromatic rings. The van der Waals surface area contributed by atoms with Crippen LogP contribution < -0.4 is 10.6 Å². The summed E-state index contributed by atoms with van der Waals surface area (Å²) in [5, 5.41) is 5.39. The van der Waals surface area contributed by atoms with Crippen molar-refractivity contribution in [3.8, 4) is 0 Å². The number of benzene rings is 2. The topological polar surface area (TPSA) is 58.2 Å². The molecule has 138 valence electrons. The van der Waals surface area contributed by atoms with E-state index in [0.717, 1.165) is 35.1 Å². The van der Waals surface area contributed by atoms with Crippen LogP contribution >= 0.6 is 0 Å². The largest absolute Gasteiger partial charge is 0.344 e. The first-order chi connectivity index (χ1) is 12.4. The van der Waals surface area contributed by atoms with Crippen LogP contribution in [0, 0.1) is 13.8 Å². The maximum Gasteiger partial charge on any atom is 0.309 e. The fraction of sp³-hybridized carbons (Fsp3) is 0.364. The molecular weight excluding hydrogens is 324 g/mol. The van der Waals surface area contributed by atoms with Gasteiger partial charge in [0.2, 0.25) is 0 Å². The van der Waals surface area contributed by atoms with Gasteiger partial charge in [0.15, 0.2) is 0 Å². The first-order valence-corrected chi connectivity index (χ1v) is 9.17. The van der Waals surface area contributed by atoms with E-state index in [1.165, 1.54) is 11.1 Å². The highest BCUT2D eigenvalue weighted by molar-refractivity contribution is 6.35. The fourth-order valence-electron chi connectivity index (χ4n) is 2.86. The summed E-state index contributed by atoms with van der Waals surface area (Å²) in [4.78, 5) is 24.1. The van der Waals surface area contributed by atoms with Crippen LogP contribution in [0.1, 0.15) is 47.2 Å². The number of hydrogen-bond donors (Lipinski definition) is 2. The fourth-order valence-corrected chi connectivity index (χ4v) is 2.86. The van der Waals surface area contributed by atoms with Crippen molar-refractivity contribution in [3.63, 3.8) is 0 Å². The zero-order chi connectivity index (χ0) is 19.1. The average molecular weight is 352 g/mol. The molecule has 0 bridgehead atoms. The third-order valence-electron chi connectivity index (χ3n) is 4.72. The van der Waals surface area contributed by atoms with Gasteiger partial charge in [0, 0.05) is 13.1 Å². The number of amides is 2. The van der Waals surface area contributed by atoms with E-state index in [9.17, 15) is 9.59 Å². The molecule has 0 saturated heterocycles. The van der Waals surface area contributed by atoms with Gasteiger partial charge in [-0.3, -0.25) is 9.59 Å². The zero-order valence-corrected chi connectivity index (χ0v) is 16.1. The summed E-state index contributed by atoms with van der Waals surface area (Å²) in [6.07, 6.45) is 1.96. The maximum atomic E-state index is 12.0. The van der Waals surface area contributed by atoms with Crippen LogP contribution in [-0.2, 0) is 35.5 Å². The standard InChI is InChI=1S/C22H28N2O2/c1-5-17-7-9-19(15(3)11-17)13-23-21(25)22(26)24-14-20-10-8-18(6-2)12-16(20)4/h7-12H,5-6,13-14H2,1-4H3,(H,23,25)(H,24,26). The summed E-state index contributed by atoms with van der Waals surface area (Å²) in [6, 6.07) is 12.3. The molecule has 0 heterocycles. The molecule has 0 aromatic heterocycles. The molecule has 2 rings (SSSR count). The van der Waals surface area contributed by atoms with Crippen molar-refractivity contribution in [1.29, 1.82) is 0 Å². The quantitative estimate of drug-likeness (QED) is 0.783. The Bertz CT molecular complexity index is 729. The highest BCUT2D eigenvalue weighted by atomic mass is 16.2. The van der Waals surface area contributed by atoms with Crippen molar-refractivity contribution in [2.75, 3.05) is 0 Å². The summed E-state index contributed by atoms with van der Waals surface area (Å²) in [5.41, 5.74) is 6.82. The zero-order valence-electron chi connectivity index (χ0n) is 16.1. The van der Waals surface area contributed by atoms with Gasteiger partial charge < -0.3 is 10.6 Å². The number of aryl methyl sites for hydroxylation is 4. The monoisotopic (exact) mass is 352 g/mol. The minimum Gasteiger partial charge on any atom is -0.344 e. The molecule has 2 aromatic carbocycles. The Hall–Kier alpha value is -2.62. The molecular formula is C22H28N2O2. The molecule has 0 atom stereocenters. The molecule has 0 aliphatic heterocycles. The van der Waals surface area contributed by atoms with Crippen molar-refractivity contribution in [2.45, 2.75) is 53.6 Å². The third-order valence-corrected chi connectivity index (χ3v) is 4.72. The van der Waals surface area contributed by atoms with Gasteiger partial charge in [-0.15, -0.1) is 0 Å². The molecule has 2 amide bonds. The molecule has 0 spiro atoms. The van der Waals surface area contributed by atoms with E-state index < -0.39 is 11.8 Å². The van der Waals surface area contributed by atoms with Crippen LogP contribution in [-0.4, -0.2) is 11.8 Å². The van der Waals surface area contributed by atoms with Crippen LogP contribution in [0.15, 0.2) is 36.4 Å². The van der Waals surface area contributed by atoms with Crippen LogP contribution in [0.3, 0.4) is 0 Å². The lowest BCUT2D eigenvalue weighted by molar-refractivity contribution is -0.139. The predicted octanol–water partition coefficient (Wildman–Crippen LogP) is 3.36. The van der Waals surface area contributed by atoms with E-state index in [2.05, 4.69) is 48.7 Å². The van der Waals surface area contributed by atoms with Crippen molar-refractivity contribution in [2.24, 2.45) is 0 Å². The van der Waals surface area contributed by atoms with Gasteiger partial charge >= 0.3 is 11.8 Å². The second kappa shape index (κ2) is 9.18. The SMILES string of the molecule is CCc1ccc(CNC(=O)C(=O)NCc2ccc(CC)cc2C)c(C)c1. The number of carbonyl (C=O) groups excluding carboxylic acids is 2. The van der Waals surface area contributed by atoms with Gasteiger partial charge in [0.1, 0.15) is 0 Å². The Morgan fingerprint density at radius 3 is 1.42 bits per heavy atom. The lowest BCUT2D eigenvalue weighted by atomic mass is 10.0. The van der Waals surface area contributed by atoms with Crippen LogP contribution in [0.2, 0.25) is 0 Å². The Labute approximate surface area is 156 Å². The molecule has 0 saturated carbocycles. The lowest BCUT2D eigenvalue weighted by Gasteiger charge is -2.11. The van der Waals surface area contributed by atoms with Gasteiger partial charge in [-0.05, 0) is 60.1 Å². The number of rotatable bonds is 6. The van der Waals surface area contributed by atoms with Crippen LogP contribution in [0.25, 0.3) is 0 Å². The molecule has 0 aliphatic carbocycles. The van der Waals surface area contributed by atoms with Gasteiger partial charge in [-0.2, -0.15) is 0 Å². The second-order valence-electron chi connectivity index (χ2n) is 6.59. The number of hydrogen-bond acceptors (Lipinski definition) is 2. The van der Waals surface area contributed by atoms with E-state index in [1.54, 1.807) is 0 Å². The van der Waals surface area contributed by atoms with E-state index in [4.69, 9.17) is 0 Å². The van der Waals surface area contributed by atoms with Gasteiger partial charge in [0.05, 0.1) is 0 Å². The van der Waals surface area contributed by atoms with Gasteiger partial charge in [0.25, 0.3) is 0 Å². The summed E-state index contributed by atoms with van der Waals surface area (Å²) >= 11 is 0. The minimum atomic E-state index is -0.605. The summed E-state index contributed by atoms with van der Waals surface area (Å²) < 4.78 is 0. The highest BCUT2D eigenvalue weighted by Gasteiger charge is 2.13. The van der Waals surface area contributed by atoms with Crippen molar-refractivity contribution >= 4 is 11.8 Å². The maximum absolute atomic E-state index is 12.0. The van der Waals surface area contributed by atoms with E-state index in [1.807, 2.05) is 26.0 Å². The lowest BCUT2D eigenvalue weighted by Crippen LogP contribution is -2.39. The molecule has 0 aliphatic rings. The molecule has 0 unspecified atom stereocenters. The summed E-state index contributed by atoms with van der Waals surface area (Å²) in [7, 11) is 0. The molecule has 26 heavy (non-hydrogen) atoms. The molecule has 4 nitrogen and oxygen atoms in total. The third kappa shape index (κ3) is 5.19. The molecule has 0 radical (unpaired) electrons. The number of carbonyl (C=O) groups is 2. The van der Waals surface area contributed by atoms with Crippen molar-refractivity contribution < 1.29 is 9.59 Å². The average Bonchev–Trinajstić information content (AvgIpc) is 2.65. The van der Waals surface area contributed by atoms with Crippen LogP contribution in [0.5, 0.6) is 0 Å². The van der Waals surface area contributed by atoms with E-state index in [0.29, 0.717) is 13.1 Å². The first kappa shape index (κ1) is 19.7. The van der Waals surface area contributed by atoms with Crippen molar-refractivity contribution in [3.05, 3.63) is 69.8 Å². The highest BCUT2D eigenvalue weighted by Crippen LogP contribution is 2.12. The first-order valence-electron chi connectivity index (χ1n) is 9.17. The summed E-state index contributed by atoms with van der Waals surface area (Å²) in [6.45, 7) is 8.96. The summed E-state index contributed by atoms with van der Waals surface area (Å²) in [5.74, 6) is -1.21. The normalized spacial score (nSPS) is 10.5. The Morgan fingerprint density at radius 2 is 1.12 bits per heavy atom. The molecule has 0 fully saturated rings. The van der Waals surface area contributed by atoms with E-state index in [-0.39, 0.29) is 0 Å². The predicted molar refractivity (Wildman–Crippen MR) is 105 cm³/mol. The molecule has 4 heteroatoms. The molecule has 2 N–H and O–H groups in total. The minimum absolute atomic E-state index is 0.353. The smallest absolute Gasteiger partial charge is 0.309 e. The van der Waals surface area contributed by atoms with Gasteiger partial charge in [-0.25, -0.2) is 0 Å². The van der Waals surface area contributed by atoms with Gasteiger partial charge in [-0.1, -0.05) is 50.2 Å².